The van der Waals surface area contributed by atoms with Crippen LogP contribution < -0.4 is 10.9 Å². The summed E-state index contributed by atoms with van der Waals surface area (Å²) in [5.41, 5.74) is 2.68. The molecule has 29 heavy (non-hydrogen) atoms. The Hall–Kier alpha value is -2.93. The number of ketones is 1. The Morgan fingerprint density at radius 3 is 2.72 bits per heavy atom. The van der Waals surface area contributed by atoms with Gasteiger partial charge in [0, 0.05) is 17.3 Å². The number of nitrogens with one attached hydrogen (secondary N) is 1. The molecule has 1 aliphatic rings. The lowest BCUT2D eigenvalue weighted by molar-refractivity contribution is -0.116. The van der Waals surface area contributed by atoms with Crippen molar-refractivity contribution >= 4 is 40.0 Å². The van der Waals surface area contributed by atoms with Gasteiger partial charge in [0.1, 0.15) is 0 Å². The molecule has 1 aliphatic heterocycles. The molecule has 3 aromatic rings. The maximum absolute atomic E-state index is 12.9. The number of fused-ring (bicyclic) bond motifs is 2. The Kier molecular flexibility index (Phi) is 5.00. The summed E-state index contributed by atoms with van der Waals surface area (Å²) in [6, 6.07) is 12.4. The van der Waals surface area contributed by atoms with E-state index in [0.717, 1.165) is 11.3 Å². The third-order valence-electron chi connectivity index (χ3n) is 5.12. The largest absolute Gasteiger partial charge is 0.325 e. The van der Waals surface area contributed by atoms with Crippen molar-refractivity contribution in [2.24, 2.45) is 0 Å². The molecule has 7 heteroatoms. The lowest BCUT2D eigenvalue weighted by atomic mass is 9.99. The molecule has 0 bridgehead atoms. The van der Waals surface area contributed by atoms with E-state index in [1.807, 2.05) is 32.9 Å². The van der Waals surface area contributed by atoms with Gasteiger partial charge >= 0.3 is 0 Å². The number of benzene rings is 2. The van der Waals surface area contributed by atoms with Crippen molar-refractivity contribution in [2.45, 2.75) is 37.9 Å². The van der Waals surface area contributed by atoms with Gasteiger partial charge in [0.25, 0.3) is 5.56 Å². The molecule has 0 unspecified atom stereocenters. The van der Waals surface area contributed by atoms with E-state index in [0.29, 0.717) is 21.6 Å². The van der Waals surface area contributed by atoms with Crippen molar-refractivity contribution in [1.82, 2.24) is 9.55 Å². The van der Waals surface area contributed by atoms with Crippen LogP contribution in [0.25, 0.3) is 10.9 Å². The monoisotopic (exact) mass is 407 g/mol. The third kappa shape index (κ3) is 3.46. The van der Waals surface area contributed by atoms with Gasteiger partial charge in [-0.1, -0.05) is 23.9 Å². The lowest BCUT2D eigenvalue weighted by Gasteiger charge is -2.16. The average molecular weight is 407 g/mol. The predicted octanol–water partition coefficient (Wildman–Crippen LogP) is 4.01. The zero-order valence-corrected chi connectivity index (χ0v) is 17.2. The lowest BCUT2D eigenvalue weighted by Crippen LogP contribution is -2.25. The molecule has 0 fully saturated rings. The smallest absolute Gasteiger partial charge is 0.262 e. The Morgan fingerprint density at radius 1 is 1.21 bits per heavy atom. The molecule has 0 spiro atoms. The Labute approximate surface area is 172 Å². The number of Topliss-reactive ketones (excluding diaryl/α,β-unsaturated/α-hetero) is 1. The van der Waals surface area contributed by atoms with E-state index >= 15 is 0 Å². The first kappa shape index (κ1) is 19.4. The highest BCUT2D eigenvalue weighted by Gasteiger charge is 2.27. The second kappa shape index (κ2) is 7.48. The second-order valence-corrected chi connectivity index (χ2v) is 8.35. The van der Waals surface area contributed by atoms with Crippen molar-refractivity contribution in [2.75, 3.05) is 11.1 Å². The van der Waals surface area contributed by atoms with E-state index in [9.17, 15) is 14.4 Å². The molecular weight excluding hydrogens is 386 g/mol. The van der Waals surface area contributed by atoms with Crippen LogP contribution in [-0.2, 0) is 4.79 Å². The number of amides is 1. The molecule has 1 amide bonds. The van der Waals surface area contributed by atoms with Gasteiger partial charge in [-0.05, 0) is 56.7 Å². The Morgan fingerprint density at radius 2 is 1.97 bits per heavy atom. The first-order valence-corrected chi connectivity index (χ1v) is 10.5. The van der Waals surface area contributed by atoms with Gasteiger partial charge in [-0.15, -0.1) is 0 Å². The molecule has 0 radical (unpaired) electrons. The van der Waals surface area contributed by atoms with Crippen molar-refractivity contribution in [1.29, 1.82) is 0 Å². The molecule has 0 saturated heterocycles. The third-order valence-corrected chi connectivity index (χ3v) is 6.07. The van der Waals surface area contributed by atoms with Crippen LogP contribution in [0.5, 0.6) is 0 Å². The number of anilines is 1. The van der Waals surface area contributed by atoms with Crippen molar-refractivity contribution < 1.29 is 9.59 Å². The molecule has 1 atom stereocenters. The number of thioether (sulfide) groups is 1. The van der Waals surface area contributed by atoms with E-state index in [1.165, 1.54) is 11.8 Å². The van der Waals surface area contributed by atoms with Crippen molar-refractivity contribution in [3.05, 3.63) is 63.9 Å². The summed E-state index contributed by atoms with van der Waals surface area (Å²) in [7, 11) is 0. The molecule has 4 rings (SSSR count). The number of para-hydroxylation sites is 1. The minimum absolute atomic E-state index is 0.0553. The number of nitrogens with zero attached hydrogens (tertiary/aromatic N) is 2. The van der Waals surface area contributed by atoms with Crippen LogP contribution in [-0.4, -0.2) is 27.0 Å². The fraction of sp³-hybridized carbons (Fsp3) is 0.273. The number of hydrogen-bond acceptors (Lipinski definition) is 5. The van der Waals surface area contributed by atoms with Gasteiger partial charge in [-0.3, -0.25) is 19.0 Å². The number of rotatable bonds is 5. The molecule has 2 aromatic carbocycles. The van der Waals surface area contributed by atoms with Crippen LogP contribution in [0.3, 0.4) is 0 Å². The highest BCUT2D eigenvalue weighted by atomic mass is 32.2. The fourth-order valence-electron chi connectivity index (χ4n) is 3.49. The normalized spacial score (nSPS) is 15.6. The number of hydrogen-bond donors (Lipinski definition) is 1. The van der Waals surface area contributed by atoms with Crippen LogP contribution in [0, 0.1) is 0 Å². The fourth-order valence-corrected chi connectivity index (χ4v) is 4.51. The van der Waals surface area contributed by atoms with E-state index in [4.69, 9.17) is 0 Å². The van der Waals surface area contributed by atoms with Gasteiger partial charge in [0.2, 0.25) is 5.91 Å². The van der Waals surface area contributed by atoms with Crippen LogP contribution >= 0.6 is 11.8 Å². The van der Waals surface area contributed by atoms with Crippen LogP contribution in [0.15, 0.2) is 52.4 Å². The maximum atomic E-state index is 12.9. The first-order valence-electron chi connectivity index (χ1n) is 9.49. The van der Waals surface area contributed by atoms with Crippen LogP contribution in [0.2, 0.25) is 0 Å². The average Bonchev–Trinajstić information content (AvgIpc) is 2.99. The Balaban J connectivity index is 1.62. The summed E-state index contributed by atoms with van der Waals surface area (Å²) in [5.74, 6) is -0.229. The summed E-state index contributed by atoms with van der Waals surface area (Å²) >= 11 is 1.26. The summed E-state index contributed by atoms with van der Waals surface area (Å²) in [4.78, 5) is 42.1. The summed E-state index contributed by atoms with van der Waals surface area (Å²) < 4.78 is 1.63. The van der Waals surface area contributed by atoms with Crippen LogP contribution in [0.4, 0.5) is 5.69 Å². The second-order valence-electron chi connectivity index (χ2n) is 7.41. The van der Waals surface area contributed by atoms with Gasteiger partial charge in [-0.2, -0.15) is 0 Å². The SMILES string of the molecule is CC(C)n1c(SCC(=O)c2ccc3c(c2)[C@@H](C)C(=O)N3)nc2ccccc2c1=O. The van der Waals surface area contributed by atoms with E-state index < -0.39 is 0 Å². The Bertz CT molecular complexity index is 1200. The van der Waals surface area contributed by atoms with E-state index in [2.05, 4.69) is 10.3 Å². The molecule has 0 aliphatic carbocycles. The highest BCUT2D eigenvalue weighted by molar-refractivity contribution is 7.99. The maximum Gasteiger partial charge on any atom is 0.262 e. The molecule has 1 aromatic heterocycles. The summed E-state index contributed by atoms with van der Waals surface area (Å²) in [6.45, 7) is 5.68. The van der Waals surface area contributed by atoms with Crippen molar-refractivity contribution in [3.8, 4) is 0 Å². The predicted molar refractivity (Wildman–Crippen MR) is 115 cm³/mol. The number of carbonyl (C=O) groups is 2. The van der Waals surface area contributed by atoms with E-state index in [-0.39, 0.29) is 35.0 Å². The zero-order valence-electron chi connectivity index (χ0n) is 16.4. The number of aromatic nitrogens is 2. The van der Waals surface area contributed by atoms with Crippen molar-refractivity contribution in [3.63, 3.8) is 0 Å². The van der Waals surface area contributed by atoms with Gasteiger partial charge < -0.3 is 5.32 Å². The molecule has 6 nitrogen and oxygen atoms in total. The minimum Gasteiger partial charge on any atom is -0.325 e. The molecule has 0 saturated carbocycles. The summed E-state index contributed by atoms with van der Waals surface area (Å²) in [6.07, 6.45) is 0. The molecule has 2 heterocycles. The molecule has 1 N–H and O–H groups in total. The van der Waals surface area contributed by atoms with Crippen LogP contribution in [0.1, 0.15) is 48.7 Å². The zero-order chi connectivity index (χ0) is 20.7. The molecular formula is C22H21N3O3S. The highest BCUT2D eigenvalue weighted by Crippen LogP contribution is 2.33. The quantitative estimate of drug-likeness (QED) is 0.393. The van der Waals surface area contributed by atoms with Gasteiger partial charge in [0.05, 0.1) is 22.6 Å². The summed E-state index contributed by atoms with van der Waals surface area (Å²) in [5, 5.41) is 3.91. The van der Waals surface area contributed by atoms with Gasteiger partial charge in [0.15, 0.2) is 10.9 Å². The minimum atomic E-state index is -0.265. The standard InChI is InChI=1S/C22H21N3O3S/c1-12(2)25-21(28)15-6-4-5-7-17(15)24-22(25)29-11-19(26)14-8-9-18-16(10-14)13(3)20(27)23-18/h4-10,12-13H,11H2,1-3H3,(H,23,27)/t13-/m1/s1. The topological polar surface area (TPSA) is 81.1 Å². The number of carbonyl (C=O) groups excluding carboxylic acids is 2. The van der Waals surface area contributed by atoms with Gasteiger partial charge in [-0.25, -0.2) is 4.98 Å². The molecule has 148 valence electrons. The first-order chi connectivity index (χ1) is 13.9. The van der Waals surface area contributed by atoms with E-state index in [1.54, 1.807) is 34.9 Å².